The van der Waals surface area contributed by atoms with Gasteiger partial charge in [0.2, 0.25) is 5.24 Å². The van der Waals surface area contributed by atoms with Crippen molar-refractivity contribution >= 4 is 38.2 Å². The fourth-order valence-corrected chi connectivity index (χ4v) is 4.22. The van der Waals surface area contributed by atoms with Crippen molar-refractivity contribution in [3.05, 3.63) is 63.7 Å². The van der Waals surface area contributed by atoms with Gasteiger partial charge in [0.15, 0.2) is 4.90 Å². The maximum absolute atomic E-state index is 13.0. The van der Waals surface area contributed by atoms with E-state index in [1.54, 1.807) is 26.0 Å². The van der Waals surface area contributed by atoms with E-state index in [0.29, 0.717) is 0 Å². The molecule has 2 rings (SSSR count). The van der Waals surface area contributed by atoms with Crippen LogP contribution < -0.4 is 4.31 Å². The second-order valence-electron chi connectivity index (χ2n) is 5.44. The molecule has 2 aromatic rings. The number of hydrogen-bond donors (Lipinski definition) is 0. The summed E-state index contributed by atoms with van der Waals surface area (Å²) in [6, 6.07) is 9.93. The number of rotatable bonds is 6. The zero-order valence-corrected chi connectivity index (χ0v) is 15.0. The number of nitro groups is 1. The number of benzene rings is 2. The van der Waals surface area contributed by atoms with Gasteiger partial charge in [-0.3, -0.25) is 19.2 Å². The minimum atomic E-state index is -4.37. The summed E-state index contributed by atoms with van der Waals surface area (Å²) in [5.41, 5.74) is 1.20. The molecule has 0 atom stereocenters. The summed E-state index contributed by atoms with van der Waals surface area (Å²) in [5, 5.41) is 10.3. The lowest BCUT2D eigenvalue weighted by Gasteiger charge is -2.23. The third kappa shape index (κ3) is 4.15. The van der Waals surface area contributed by atoms with Gasteiger partial charge in [-0.1, -0.05) is 18.2 Å². The Morgan fingerprint density at radius 3 is 2.24 bits per heavy atom. The summed E-state index contributed by atoms with van der Waals surface area (Å²) in [6.07, 6.45) is 0. The predicted molar refractivity (Wildman–Crippen MR) is 94.4 cm³/mol. The minimum Gasteiger partial charge on any atom is -0.279 e. The molecule has 0 aliphatic rings. The van der Waals surface area contributed by atoms with Crippen LogP contribution in [0.3, 0.4) is 0 Å². The van der Waals surface area contributed by atoms with Gasteiger partial charge in [0, 0.05) is 6.07 Å². The molecule has 0 unspecified atom stereocenters. The molecule has 0 aliphatic heterocycles. The number of nitrogens with zero attached hydrogens (tertiary/aromatic N) is 2. The van der Waals surface area contributed by atoms with Crippen molar-refractivity contribution < 1.29 is 18.1 Å². The Hall–Kier alpha value is -2.45. The summed E-state index contributed by atoms with van der Waals surface area (Å²) in [4.78, 5) is 21.3. The molecule has 0 saturated carbocycles. The topological polar surface area (TPSA) is 97.6 Å². The second-order valence-corrected chi connectivity index (χ2v) is 7.69. The van der Waals surface area contributed by atoms with E-state index in [4.69, 9.17) is 11.6 Å². The molecule has 7 nitrogen and oxygen atoms in total. The average Bonchev–Trinajstić information content (AvgIpc) is 2.51. The molecule has 0 aliphatic carbocycles. The molecule has 0 heterocycles. The van der Waals surface area contributed by atoms with Gasteiger partial charge in [0.05, 0.1) is 10.6 Å². The van der Waals surface area contributed by atoms with Crippen molar-refractivity contribution in [2.75, 3.05) is 10.8 Å². The third-order valence-electron chi connectivity index (χ3n) is 3.39. The number of carbonyl (C=O) groups is 1. The van der Waals surface area contributed by atoms with Crippen LogP contribution in [-0.2, 0) is 14.8 Å². The van der Waals surface area contributed by atoms with Crippen molar-refractivity contribution in [2.45, 2.75) is 18.7 Å². The maximum Gasteiger partial charge on any atom is 0.289 e. The van der Waals surface area contributed by atoms with Crippen LogP contribution in [0.1, 0.15) is 11.1 Å². The first-order chi connectivity index (χ1) is 11.6. The van der Waals surface area contributed by atoms with Crippen LogP contribution >= 0.6 is 11.6 Å². The highest BCUT2D eigenvalue weighted by Crippen LogP contribution is 2.30. The van der Waals surface area contributed by atoms with Crippen LogP contribution in [0.25, 0.3) is 0 Å². The predicted octanol–water partition coefficient (Wildman–Crippen LogP) is 3.17. The number of anilines is 1. The van der Waals surface area contributed by atoms with E-state index in [-0.39, 0.29) is 5.69 Å². The van der Waals surface area contributed by atoms with Crippen molar-refractivity contribution in [3.63, 3.8) is 0 Å². The molecule has 25 heavy (non-hydrogen) atoms. The molecule has 9 heteroatoms. The number of carbonyl (C=O) groups excluding carboxylic acids is 1. The van der Waals surface area contributed by atoms with Gasteiger partial charge < -0.3 is 0 Å². The molecule has 0 amide bonds. The summed E-state index contributed by atoms with van der Waals surface area (Å²) >= 11 is 5.42. The number of nitro benzene ring substituents is 1. The molecule has 0 radical (unpaired) electrons. The molecule has 0 aromatic heterocycles. The lowest BCUT2D eigenvalue weighted by molar-refractivity contribution is -0.387. The van der Waals surface area contributed by atoms with E-state index in [0.717, 1.165) is 27.6 Å². The largest absolute Gasteiger partial charge is 0.289 e. The molecular weight excluding hydrogens is 368 g/mol. The Morgan fingerprint density at radius 2 is 1.72 bits per heavy atom. The molecular formula is C16H15ClN2O5S. The Kier molecular flexibility index (Phi) is 5.44. The Balaban J connectivity index is 2.69. The van der Waals surface area contributed by atoms with E-state index >= 15 is 0 Å². The Bertz CT molecular complexity index is 923. The van der Waals surface area contributed by atoms with Crippen LogP contribution in [0.5, 0.6) is 0 Å². The highest BCUT2D eigenvalue weighted by atomic mass is 35.5. The molecule has 0 spiro atoms. The smallest absolute Gasteiger partial charge is 0.279 e. The molecule has 2 aromatic carbocycles. The van der Waals surface area contributed by atoms with Gasteiger partial charge in [-0.05, 0) is 54.8 Å². The molecule has 0 bridgehead atoms. The van der Waals surface area contributed by atoms with Crippen LogP contribution in [-0.4, -0.2) is 25.1 Å². The molecule has 0 N–H and O–H groups in total. The number of halogens is 1. The number of hydrogen-bond acceptors (Lipinski definition) is 5. The number of para-hydroxylation sites is 1. The second kappa shape index (κ2) is 7.20. The van der Waals surface area contributed by atoms with E-state index in [2.05, 4.69) is 0 Å². The van der Waals surface area contributed by atoms with Crippen molar-refractivity contribution in [1.29, 1.82) is 0 Å². The van der Waals surface area contributed by atoms with Crippen LogP contribution in [0.4, 0.5) is 11.4 Å². The molecule has 132 valence electrons. The van der Waals surface area contributed by atoms with E-state index in [9.17, 15) is 23.3 Å². The molecule has 0 fully saturated rings. The monoisotopic (exact) mass is 382 g/mol. The fourth-order valence-electron chi connectivity index (χ4n) is 2.47. The van der Waals surface area contributed by atoms with Crippen molar-refractivity contribution in [3.8, 4) is 0 Å². The van der Waals surface area contributed by atoms with Gasteiger partial charge in [0.1, 0.15) is 6.54 Å². The zero-order valence-electron chi connectivity index (χ0n) is 13.5. The standard InChI is InChI=1S/C16H15ClN2O5S/c1-11-7-12(2)9-13(8-11)18(10-16(17)20)25(23,24)15-6-4-3-5-14(15)19(21)22/h3-9H,10H2,1-2H3. The van der Waals surface area contributed by atoms with Gasteiger partial charge in [-0.25, -0.2) is 8.42 Å². The normalized spacial score (nSPS) is 11.2. The van der Waals surface area contributed by atoms with Crippen LogP contribution in [0.2, 0.25) is 0 Å². The summed E-state index contributed by atoms with van der Waals surface area (Å²) in [5.74, 6) is 0. The lowest BCUT2D eigenvalue weighted by atomic mass is 10.1. The minimum absolute atomic E-state index is 0.213. The average molecular weight is 383 g/mol. The number of sulfonamides is 1. The first-order valence-corrected chi connectivity index (χ1v) is 8.97. The summed E-state index contributed by atoms with van der Waals surface area (Å²) < 4.78 is 26.8. The van der Waals surface area contributed by atoms with Crippen LogP contribution in [0.15, 0.2) is 47.4 Å². The van der Waals surface area contributed by atoms with Crippen molar-refractivity contribution in [1.82, 2.24) is 0 Å². The lowest BCUT2D eigenvalue weighted by Crippen LogP contribution is -2.35. The Labute approximate surface area is 150 Å². The SMILES string of the molecule is Cc1cc(C)cc(N(CC(=O)Cl)S(=O)(=O)c2ccccc2[N+](=O)[O-])c1. The quantitative estimate of drug-likeness (QED) is 0.434. The third-order valence-corrected chi connectivity index (χ3v) is 5.33. The first-order valence-electron chi connectivity index (χ1n) is 7.15. The van der Waals surface area contributed by atoms with Crippen LogP contribution in [0, 0.1) is 24.0 Å². The van der Waals surface area contributed by atoms with Gasteiger partial charge in [-0.15, -0.1) is 0 Å². The summed E-state index contributed by atoms with van der Waals surface area (Å²) in [7, 11) is -4.37. The van der Waals surface area contributed by atoms with Crippen molar-refractivity contribution in [2.24, 2.45) is 0 Å². The summed E-state index contributed by atoms with van der Waals surface area (Å²) in [6.45, 7) is 2.91. The fraction of sp³-hybridized carbons (Fsp3) is 0.188. The highest BCUT2D eigenvalue weighted by molar-refractivity contribution is 7.93. The highest BCUT2D eigenvalue weighted by Gasteiger charge is 2.32. The first kappa shape index (κ1) is 18.9. The Morgan fingerprint density at radius 1 is 1.16 bits per heavy atom. The van der Waals surface area contributed by atoms with E-state index in [1.807, 2.05) is 6.07 Å². The van der Waals surface area contributed by atoms with E-state index < -0.39 is 37.3 Å². The number of aryl methyl sites for hydroxylation is 2. The van der Waals surface area contributed by atoms with Gasteiger partial charge >= 0.3 is 0 Å². The van der Waals surface area contributed by atoms with E-state index in [1.165, 1.54) is 12.1 Å². The molecule has 0 saturated heterocycles. The van der Waals surface area contributed by atoms with Gasteiger partial charge in [-0.2, -0.15) is 0 Å². The zero-order chi connectivity index (χ0) is 18.8. The van der Waals surface area contributed by atoms with Gasteiger partial charge in [0.25, 0.3) is 15.7 Å². The maximum atomic E-state index is 13.0.